The van der Waals surface area contributed by atoms with Crippen LogP contribution in [0.15, 0.2) is 12.4 Å². The molecule has 2 aromatic heterocycles. The van der Waals surface area contributed by atoms with E-state index in [1.165, 1.54) is 0 Å². The zero-order chi connectivity index (χ0) is 12.3. The van der Waals surface area contributed by atoms with Crippen LogP contribution < -0.4 is 0 Å². The molecule has 0 atom stereocenters. The zero-order valence-electron chi connectivity index (χ0n) is 9.67. The summed E-state index contributed by atoms with van der Waals surface area (Å²) in [6, 6.07) is 0. The number of carbonyl (C=O) groups is 1. The first-order valence-corrected chi connectivity index (χ1v) is 6.04. The molecule has 2 aromatic rings. The maximum absolute atomic E-state index is 12.1. The van der Waals surface area contributed by atoms with Crippen LogP contribution in [-0.4, -0.2) is 37.4 Å². The number of aryl methyl sites for hydroxylation is 1. The number of nitrogens with zero attached hydrogens (tertiary/aromatic N) is 4. The Labute approximate surface area is 103 Å². The van der Waals surface area contributed by atoms with Gasteiger partial charge in [-0.25, -0.2) is 4.98 Å². The second-order valence-corrected chi connectivity index (χ2v) is 4.35. The Kier molecular flexibility index (Phi) is 3.48. The average Bonchev–Trinajstić information content (AvgIpc) is 2.97. The molecule has 0 bridgehead atoms. The fourth-order valence-corrected chi connectivity index (χ4v) is 2.20. The summed E-state index contributed by atoms with van der Waals surface area (Å²) >= 11 is 1.14. The number of imidazole rings is 1. The molecular formula is C10H13N5OS. The van der Waals surface area contributed by atoms with Crippen molar-refractivity contribution in [2.24, 2.45) is 0 Å². The summed E-state index contributed by atoms with van der Waals surface area (Å²) in [6.07, 6.45) is 4.12. The molecule has 90 valence electrons. The Morgan fingerprint density at radius 1 is 1.59 bits per heavy atom. The third-order valence-electron chi connectivity index (χ3n) is 2.37. The van der Waals surface area contributed by atoms with Crippen LogP contribution in [0.1, 0.15) is 28.1 Å². The fourth-order valence-electron chi connectivity index (χ4n) is 1.46. The molecule has 2 rings (SSSR count). The van der Waals surface area contributed by atoms with Crippen LogP contribution in [0.5, 0.6) is 0 Å². The van der Waals surface area contributed by atoms with Crippen molar-refractivity contribution in [1.29, 1.82) is 0 Å². The van der Waals surface area contributed by atoms with Crippen molar-refractivity contribution in [3.8, 4) is 0 Å². The molecule has 7 heteroatoms. The van der Waals surface area contributed by atoms with Crippen LogP contribution in [0.2, 0.25) is 0 Å². The van der Waals surface area contributed by atoms with Gasteiger partial charge < -0.3 is 9.88 Å². The first-order valence-electron chi connectivity index (χ1n) is 5.27. The number of rotatable bonds is 4. The highest BCUT2D eigenvalue weighted by Gasteiger charge is 2.19. The Morgan fingerprint density at radius 3 is 3.06 bits per heavy atom. The van der Waals surface area contributed by atoms with Gasteiger partial charge in [-0.2, -0.15) is 0 Å². The van der Waals surface area contributed by atoms with E-state index in [0.29, 0.717) is 17.8 Å². The van der Waals surface area contributed by atoms with Gasteiger partial charge in [0.1, 0.15) is 10.7 Å². The lowest BCUT2D eigenvalue weighted by Crippen LogP contribution is -2.26. The maximum atomic E-state index is 12.1. The Balaban J connectivity index is 2.09. The third-order valence-corrected chi connectivity index (χ3v) is 3.13. The highest BCUT2D eigenvalue weighted by Crippen LogP contribution is 2.14. The predicted octanol–water partition coefficient (Wildman–Crippen LogP) is 1.10. The number of amides is 1. The summed E-state index contributed by atoms with van der Waals surface area (Å²) in [5.74, 6) is 0.699. The van der Waals surface area contributed by atoms with Gasteiger partial charge in [0, 0.05) is 19.4 Å². The Bertz CT molecular complexity index is 493. The van der Waals surface area contributed by atoms with Crippen LogP contribution in [0.25, 0.3) is 0 Å². The molecule has 0 aliphatic carbocycles. The molecule has 0 fully saturated rings. The minimum Gasteiger partial charge on any atom is -0.347 e. The first kappa shape index (κ1) is 11.7. The quantitative estimate of drug-likeness (QED) is 0.882. The SMILES string of the molecule is CCc1nnsc1C(=O)N(C)Cc1ncc[nH]1. The lowest BCUT2D eigenvalue weighted by molar-refractivity contribution is 0.0785. The molecule has 1 N–H and O–H groups in total. The zero-order valence-corrected chi connectivity index (χ0v) is 10.5. The molecule has 0 radical (unpaired) electrons. The second kappa shape index (κ2) is 5.05. The van der Waals surface area contributed by atoms with Crippen LogP contribution in [-0.2, 0) is 13.0 Å². The van der Waals surface area contributed by atoms with Crippen molar-refractivity contribution in [2.45, 2.75) is 19.9 Å². The molecule has 0 saturated carbocycles. The van der Waals surface area contributed by atoms with Gasteiger partial charge in [0.25, 0.3) is 5.91 Å². The van der Waals surface area contributed by atoms with Gasteiger partial charge in [-0.15, -0.1) is 5.10 Å². The summed E-state index contributed by atoms with van der Waals surface area (Å²) in [6.45, 7) is 2.41. The van der Waals surface area contributed by atoms with Gasteiger partial charge in [-0.3, -0.25) is 4.79 Å². The van der Waals surface area contributed by atoms with Gasteiger partial charge >= 0.3 is 0 Å². The van der Waals surface area contributed by atoms with E-state index in [0.717, 1.165) is 23.1 Å². The number of H-pyrrole nitrogens is 1. The topological polar surface area (TPSA) is 74.8 Å². The van der Waals surface area contributed by atoms with E-state index in [9.17, 15) is 4.79 Å². The van der Waals surface area contributed by atoms with Gasteiger partial charge in [0.2, 0.25) is 0 Å². The van der Waals surface area contributed by atoms with Gasteiger partial charge in [-0.1, -0.05) is 11.4 Å². The van der Waals surface area contributed by atoms with Crippen molar-refractivity contribution >= 4 is 17.4 Å². The summed E-state index contributed by atoms with van der Waals surface area (Å²) in [4.78, 5) is 21.4. The molecule has 0 saturated heterocycles. The van der Waals surface area contributed by atoms with Gasteiger partial charge in [0.15, 0.2) is 0 Å². The molecule has 0 aliphatic heterocycles. The summed E-state index contributed by atoms with van der Waals surface area (Å²) in [5, 5.41) is 3.93. The molecule has 6 nitrogen and oxygen atoms in total. The molecule has 0 unspecified atom stereocenters. The molecule has 17 heavy (non-hydrogen) atoms. The van der Waals surface area contributed by atoms with Gasteiger partial charge in [0.05, 0.1) is 12.2 Å². The molecule has 0 aliphatic rings. The maximum Gasteiger partial charge on any atom is 0.267 e. The lowest BCUT2D eigenvalue weighted by atomic mass is 10.3. The normalized spacial score (nSPS) is 10.5. The fraction of sp³-hybridized carbons (Fsp3) is 0.400. The third kappa shape index (κ3) is 2.50. The molecule has 1 amide bonds. The predicted molar refractivity (Wildman–Crippen MR) is 63.7 cm³/mol. The molecule has 0 aromatic carbocycles. The van der Waals surface area contributed by atoms with Crippen molar-refractivity contribution in [2.75, 3.05) is 7.05 Å². The van der Waals surface area contributed by atoms with Crippen LogP contribution >= 0.6 is 11.5 Å². The van der Waals surface area contributed by atoms with Crippen molar-refractivity contribution in [3.63, 3.8) is 0 Å². The molecule has 0 spiro atoms. The Morgan fingerprint density at radius 2 is 2.41 bits per heavy atom. The average molecular weight is 251 g/mol. The summed E-state index contributed by atoms with van der Waals surface area (Å²) in [5.41, 5.74) is 0.756. The first-order chi connectivity index (χ1) is 8.22. The monoisotopic (exact) mass is 251 g/mol. The van der Waals surface area contributed by atoms with E-state index >= 15 is 0 Å². The minimum atomic E-state index is -0.0618. The number of carbonyl (C=O) groups excluding carboxylic acids is 1. The number of hydrogen-bond donors (Lipinski definition) is 1. The van der Waals surface area contributed by atoms with Crippen molar-refractivity contribution < 1.29 is 4.79 Å². The van der Waals surface area contributed by atoms with Crippen LogP contribution in [0.3, 0.4) is 0 Å². The number of aromatic amines is 1. The Hall–Kier alpha value is -1.76. The van der Waals surface area contributed by atoms with E-state index in [-0.39, 0.29) is 5.91 Å². The number of nitrogens with one attached hydrogen (secondary N) is 1. The van der Waals surface area contributed by atoms with Crippen molar-refractivity contribution in [1.82, 2.24) is 24.5 Å². The van der Waals surface area contributed by atoms with E-state index in [1.807, 2.05) is 6.92 Å². The number of aromatic nitrogens is 4. The van der Waals surface area contributed by atoms with E-state index < -0.39 is 0 Å². The molecule has 2 heterocycles. The van der Waals surface area contributed by atoms with E-state index in [2.05, 4.69) is 19.6 Å². The smallest absolute Gasteiger partial charge is 0.267 e. The van der Waals surface area contributed by atoms with Gasteiger partial charge in [-0.05, 0) is 18.0 Å². The van der Waals surface area contributed by atoms with Crippen LogP contribution in [0, 0.1) is 0 Å². The van der Waals surface area contributed by atoms with E-state index in [1.54, 1.807) is 24.3 Å². The summed E-state index contributed by atoms with van der Waals surface area (Å²) in [7, 11) is 1.74. The standard InChI is InChI=1S/C10H13N5OS/c1-3-7-9(17-14-13-7)10(16)15(2)6-8-11-4-5-12-8/h4-5H,3,6H2,1-2H3,(H,11,12). The number of hydrogen-bond acceptors (Lipinski definition) is 5. The highest BCUT2D eigenvalue weighted by atomic mass is 32.1. The second-order valence-electron chi connectivity index (χ2n) is 3.60. The van der Waals surface area contributed by atoms with Crippen LogP contribution in [0.4, 0.5) is 0 Å². The largest absolute Gasteiger partial charge is 0.347 e. The molecular weight excluding hydrogens is 238 g/mol. The summed E-state index contributed by atoms with van der Waals surface area (Å²) < 4.78 is 3.81. The van der Waals surface area contributed by atoms with Crippen molar-refractivity contribution in [3.05, 3.63) is 28.8 Å². The minimum absolute atomic E-state index is 0.0618. The van der Waals surface area contributed by atoms with E-state index in [4.69, 9.17) is 0 Å². The highest BCUT2D eigenvalue weighted by molar-refractivity contribution is 7.07. The lowest BCUT2D eigenvalue weighted by Gasteiger charge is -2.14.